The van der Waals surface area contributed by atoms with Gasteiger partial charge >= 0.3 is 0 Å². The molecule has 3 nitrogen and oxygen atoms in total. The van der Waals surface area contributed by atoms with Crippen LogP contribution in [0.4, 0.5) is 0 Å². The first-order valence-electron chi connectivity index (χ1n) is 8.17. The van der Waals surface area contributed by atoms with Crippen LogP contribution in [0.5, 0.6) is 0 Å². The normalized spacial score (nSPS) is 25.7. The molecule has 1 saturated carbocycles. The predicted octanol–water partition coefficient (Wildman–Crippen LogP) is 3.19. The van der Waals surface area contributed by atoms with Crippen molar-refractivity contribution in [3.63, 3.8) is 0 Å². The van der Waals surface area contributed by atoms with Gasteiger partial charge in [0, 0.05) is 19.1 Å². The van der Waals surface area contributed by atoms with Gasteiger partial charge in [-0.3, -0.25) is 4.79 Å². The summed E-state index contributed by atoms with van der Waals surface area (Å²) in [6.45, 7) is 10.0. The average Bonchev–Trinajstić information content (AvgIpc) is 2.65. The van der Waals surface area contributed by atoms with Crippen molar-refractivity contribution in [2.45, 2.75) is 78.3 Å². The molecule has 0 aromatic carbocycles. The van der Waals surface area contributed by atoms with E-state index < -0.39 is 0 Å². The number of rotatable bonds is 6. The molecule has 1 amide bonds. The minimum Gasteiger partial charge on any atom is -0.342 e. The van der Waals surface area contributed by atoms with E-state index in [-0.39, 0.29) is 11.9 Å². The van der Waals surface area contributed by atoms with Crippen LogP contribution in [0, 0.1) is 5.92 Å². The zero-order valence-corrected chi connectivity index (χ0v) is 13.2. The number of carbonyl (C=O) groups excluding carboxylic acids is 1. The first-order chi connectivity index (χ1) is 9.12. The molecule has 0 spiro atoms. The van der Waals surface area contributed by atoms with E-state index >= 15 is 0 Å². The Bertz CT molecular complexity index is 263. The molecule has 1 N–H and O–H groups in total. The second-order valence-corrected chi connectivity index (χ2v) is 5.88. The summed E-state index contributed by atoms with van der Waals surface area (Å²) < 4.78 is 0. The fourth-order valence-electron chi connectivity index (χ4n) is 3.19. The topological polar surface area (TPSA) is 32.3 Å². The summed E-state index contributed by atoms with van der Waals surface area (Å²) in [6.07, 6.45) is 7.76. The van der Waals surface area contributed by atoms with Crippen molar-refractivity contribution in [2.75, 3.05) is 13.1 Å². The molecule has 0 bridgehead atoms. The Hall–Kier alpha value is -0.570. The molecular weight excluding hydrogens is 236 g/mol. The summed E-state index contributed by atoms with van der Waals surface area (Å²) in [4.78, 5) is 14.2. The Balaban J connectivity index is 2.43. The summed E-state index contributed by atoms with van der Waals surface area (Å²) in [5.74, 6) is 1.15. The molecule has 112 valence electrons. The molecule has 1 rings (SSSR count). The van der Waals surface area contributed by atoms with Gasteiger partial charge in [-0.25, -0.2) is 0 Å². The van der Waals surface area contributed by atoms with E-state index in [4.69, 9.17) is 0 Å². The minimum atomic E-state index is -0.0388. The third-order valence-corrected chi connectivity index (χ3v) is 4.60. The van der Waals surface area contributed by atoms with E-state index in [2.05, 4.69) is 12.2 Å². The van der Waals surface area contributed by atoms with Crippen molar-refractivity contribution in [2.24, 2.45) is 5.92 Å². The Morgan fingerprint density at radius 2 is 1.84 bits per heavy atom. The lowest BCUT2D eigenvalue weighted by atomic mass is 9.98. The maximum absolute atomic E-state index is 12.2. The number of nitrogens with one attached hydrogen (secondary N) is 1. The van der Waals surface area contributed by atoms with Gasteiger partial charge in [0.1, 0.15) is 0 Å². The van der Waals surface area contributed by atoms with Gasteiger partial charge in [-0.1, -0.05) is 26.2 Å². The fraction of sp³-hybridized carbons (Fsp3) is 0.938. The number of carbonyl (C=O) groups is 1. The van der Waals surface area contributed by atoms with E-state index in [1.54, 1.807) is 0 Å². The largest absolute Gasteiger partial charge is 0.342 e. The first kappa shape index (κ1) is 16.5. The Kier molecular flexibility index (Phi) is 7.44. The molecule has 19 heavy (non-hydrogen) atoms. The molecule has 0 aliphatic heterocycles. The monoisotopic (exact) mass is 268 g/mol. The molecule has 1 aliphatic carbocycles. The molecule has 3 heteroatoms. The maximum Gasteiger partial charge on any atom is 0.239 e. The smallest absolute Gasteiger partial charge is 0.239 e. The molecular formula is C16H32N2O. The number of nitrogens with zero attached hydrogens (tertiary/aromatic N) is 1. The molecule has 0 radical (unpaired) electrons. The van der Waals surface area contributed by atoms with Crippen molar-refractivity contribution in [1.82, 2.24) is 10.2 Å². The summed E-state index contributed by atoms with van der Waals surface area (Å²) in [5.41, 5.74) is 0. The highest BCUT2D eigenvalue weighted by Crippen LogP contribution is 2.25. The van der Waals surface area contributed by atoms with Crippen LogP contribution in [-0.2, 0) is 4.79 Å². The van der Waals surface area contributed by atoms with E-state index in [1.807, 2.05) is 25.7 Å². The summed E-state index contributed by atoms with van der Waals surface area (Å²) in [5, 5.41) is 3.56. The highest BCUT2D eigenvalue weighted by Gasteiger charge is 2.23. The standard InChI is InChI=1S/C16H32N2O/c1-5-14-9-8-10-15(12-11-14)17-13(4)16(19)18(6-2)7-3/h13-15,17H,5-12H2,1-4H3. The average molecular weight is 268 g/mol. The molecule has 0 heterocycles. The highest BCUT2D eigenvalue weighted by atomic mass is 16.2. The van der Waals surface area contributed by atoms with E-state index in [0.717, 1.165) is 19.0 Å². The number of amides is 1. The van der Waals surface area contributed by atoms with Gasteiger partial charge in [-0.05, 0) is 46.0 Å². The molecule has 1 fully saturated rings. The minimum absolute atomic E-state index is 0.0388. The molecule has 3 atom stereocenters. The number of likely N-dealkylation sites (N-methyl/N-ethyl adjacent to an activating group) is 1. The lowest BCUT2D eigenvalue weighted by molar-refractivity contribution is -0.132. The third kappa shape index (κ3) is 5.13. The second-order valence-electron chi connectivity index (χ2n) is 5.88. The molecule has 0 aromatic rings. The van der Waals surface area contributed by atoms with Gasteiger partial charge in [0.25, 0.3) is 0 Å². The van der Waals surface area contributed by atoms with Gasteiger partial charge < -0.3 is 10.2 Å². The van der Waals surface area contributed by atoms with Crippen molar-refractivity contribution in [3.8, 4) is 0 Å². The van der Waals surface area contributed by atoms with E-state index in [9.17, 15) is 4.79 Å². The summed E-state index contributed by atoms with van der Waals surface area (Å²) in [7, 11) is 0. The summed E-state index contributed by atoms with van der Waals surface area (Å²) in [6, 6.07) is 0.495. The maximum atomic E-state index is 12.2. The fourth-order valence-corrected chi connectivity index (χ4v) is 3.19. The SMILES string of the molecule is CCC1CCCC(NC(C)C(=O)N(CC)CC)CC1. The van der Waals surface area contributed by atoms with Gasteiger partial charge in [0.05, 0.1) is 6.04 Å². The van der Waals surface area contributed by atoms with Crippen LogP contribution in [0.1, 0.15) is 66.2 Å². The Labute approximate surface area is 119 Å². The van der Waals surface area contributed by atoms with Crippen LogP contribution in [0.15, 0.2) is 0 Å². The van der Waals surface area contributed by atoms with Gasteiger partial charge in [0.2, 0.25) is 5.91 Å². The molecule has 3 unspecified atom stereocenters. The Morgan fingerprint density at radius 1 is 1.16 bits per heavy atom. The summed E-state index contributed by atoms with van der Waals surface area (Å²) >= 11 is 0. The quantitative estimate of drug-likeness (QED) is 0.750. The van der Waals surface area contributed by atoms with Crippen LogP contribution in [0.3, 0.4) is 0 Å². The third-order valence-electron chi connectivity index (χ3n) is 4.60. The zero-order valence-electron chi connectivity index (χ0n) is 13.2. The number of hydrogen-bond acceptors (Lipinski definition) is 2. The molecule has 0 aromatic heterocycles. The van der Waals surface area contributed by atoms with E-state index in [0.29, 0.717) is 6.04 Å². The van der Waals surface area contributed by atoms with Gasteiger partial charge in [-0.2, -0.15) is 0 Å². The Morgan fingerprint density at radius 3 is 2.42 bits per heavy atom. The van der Waals surface area contributed by atoms with Crippen LogP contribution < -0.4 is 5.32 Å². The highest BCUT2D eigenvalue weighted by molar-refractivity contribution is 5.81. The van der Waals surface area contributed by atoms with Crippen LogP contribution in [0.25, 0.3) is 0 Å². The lowest BCUT2D eigenvalue weighted by Gasteiger charge is -2.27. The van der Waals surface area contributed by atoms with Crippen LogP contribution in [-0.4, -0.2) is 36.0 Å². The van der Waals surface area contributed by atoms with Crippen molar-refractivity contribution in [3.05, 3.63) is 0 Å². The van der Waals surface area contributed by atoms with Crippen LogP contribution in [0.2, 0.25) is 0 Å². The van der Waals surface area contributed by atoms with Gasteiger partial charge in [-0.15, -0.1) is 0 Å². The van der Waals surface area contributed by atoms with Crippen molar-refractivity contribution >= 4 is 5.91 Å². The van der Waals surface area contributed by atoms with Gasteiger partial charge in [0.15, 0.2) is 0 Å². The van der Waals surface area contributed by atoms with Crippen molar-refractivity contribution < 1.29 is 4.79 Å². The lowest BCUT2D eigenvalue weighted by Crippen LogP contribution is -2.48. The second kappa shape index (κ2) is 8.57. The van der Waals surface area contributed by atoms with Crippen LogP contribution >= 0.6 is 0 Å². The van der Waals surface area contributed by atoms with Crippen molar-refractivity contribution in [1.29, 1.82) is 0 Å². The molecule has 0 saturated heterocycles. The molecule has 1 aliphatic rings. The predicted molar refractivity (Wildman–Crippen MR) is 81.2 cm³/mol. The van der Waals surface area contributed by atoms with E-state index in [1.165, 1.54) is 38.5 Å². The zero-order chi connectivity index (χ0) is 14.3. The number of hydrogen-bond donors (Lipinski definition) is 1. The first-order valence-corrected chi connectivity index (χ1v) is 8.17.